The lowest BCUT2D eigenvalue weighted by molar-refractivity contribution is -0.929. The van der Waals surface area contributed by atoms with E-state index in [9.17, 15) is 40.2 Å². The summed E-state index contributed by atoms with van der Waals surface area (Å²) < 4.78 is 99.6. The quantitative estimate of drug-likeness (QED) is 0.0378. The van der Waals surface area contributed by atoms with E-state index in [0.29, 0.717) is 93.8 Å². The molecule has 2 aromatic rings. The van der Waals surface area contributed by atoms with Crippen molar-refractivity contribution in [3.05, 3.63) is 23.6 Å². The van der Waals surface area contributed by atoms with Crippen LogP contribution in [0.1, 0.15) is 175 Å². The Morgan fingerprint density at radius 3 is 1.57 bits per heavy atom. The van der Waals surface area contributed by atoms with Crippen molar-refractivity contribution < 1.29 is 76.4 Å². The van der Waals surface area contributed by atoms with Gasteiger partial charge in [0, 0.05) is 52.1 Å². The highest BCUT2D eigenvalue weighted by molar-refractivity contribution is 7.81. The molecule has 0 spiro atoms. The van der Waals surface area contributed by atoms with E-state index < -0.39 is 68.7 Å². The van der Waals surface area contributed by atoms with Crippen LogP contribution >= 0.6 is 0 Å². The van der Waals surface area contributed by atoms with Crippen molar-refractivity contribution in [2.75, 3.05) is 79.2 Å². The SMILES string of the molecule is CCCC[N+](CCCC)(CCCC)CCCC.CCCN(CCc1nnc([C@@H]2CC[C@@H]3CN2C(=O)N3OS(=O)(=O)[O-])o1)C(=O)OC(C)(C)C.CF.O=C1N2C[C@@H](CC[C@H]2c2nnc(CCNCCO)o2)N1OS(=O)(=O)O. The highest BCUT2D eigenvalue weighted by atomic mass is 32.3. The molecule has 4 atom stereocenters. The van der Waals surface area contributed by atoms with Crippen LogP contribution in [0.3, 0.4) is 0 Å². The van der Waals surface area contributed by atoms with Gasteiger partial charge < -0.3 is 47.7 Å². The maximum Gasteiger partial charge on any atom is 0.418 e. The summed E-state index contributed by atoms with van der Waals surface area (Å²) in [5.74, 6) is 1.18. The molecule has 4 fully saturated rings. The second-order valence-electron chi connectivity index (χ2n) is 20.2. The van der Waals surface area contributed by atoms with E-state index in [4.69, 9.17) is 23.2 Å². The van der Waals surface area contributed by atoms with Gasteiger partial charge in [-0.05, 0) is 78.6 Å². The number of ether oxygens (including phenoxy) is 1. The van der Waals surface area contributed by atoms with Gasteiger partial charge in [-0.15, -0.1) is 24.7 Å². The molecule has 438 valence electrons. The third-order valence-corrected chi connectivity index (χ3v) is 13.7. The number of hydroxylamine groups is 4. The normalized spacial score (nSPS) is 19.4. The van der Waals surface area contributed by atoms with E-state index in [1.54, 1.807) is 25.7 Å². The molecule has 3 N–H and O–H groups in total. The zero-order valence-electron chi connectivity index (χ0n) is 46.1. The minimum atomic E-state index is -5.06. The number of rotatable bonds is 28. The van der Waals surface area contributed by atoms with Crippen LogP contribution in [0.5, 0.6) is 0 Å². The van der Waals surface area contributed by atoms with Crippen LogP contribution in [-0.4, -0.2) is 196 Å². The lowest BCUT2D eigenvalue weighted by Gasteiger charge is -2.39. The molecule has 0 aliphatic carbocycles. The Morgan fingerprint density at radius 2 is 1.17 bits per heavy atom. The number of carbonyl (C=O) groups excluding carboxylic acids is 3. The Hall–Kier alpha value is -4.36. The molecule has 29 heteroatoms. The third-order valence-electron chi connectivity index (χ3n) is 13.0. The van der Waals surface area contributed by atoms with Crippen molar-refractivity contribution in [3.8, 4) is 0 Å². The molecule has 6 rings (SSSR count). The number of carbonyl (C=O) groups is 3. The van der Waals surface area contributed by atoms with Crippen LogP contribution in [0.4, 0.5) is 18.8 Å². The van der Waals surface area contributed by atoms with Gasteiger partial charge in [0.15, 0.2) is 0 Å². The van der Waals surface area contributed by atoms with E-state index in [-0.39, 0.29) is 31.5 Å². The molecule has 4 saturated heterocycles. The number of amides is 5. The number of nitrogens with one attached hydrogen (secondary N) is 1. The van der Waals surface area contributed by atoms with Crippen molar-refractivity contribution in [3.63, 3.8) is 0 Å². The van der Waals surface area contributed by atoms with Crippen LogP contribution in [0.2, 0.25) is 0 Å². The number of aliphatic hydroxyl groups excluding tert-OH is 1. The van der Waals surface area contributed by atoms with Crippen molar-refractivity contribution >= 4 is 39.0 Å². The number of hydrogen-bond acceptors (Lipinski definition) is 19. The Morgan fingerprint density at radius 1 is 0.724 bits per heavy atom. The largest absolute Gasteiger partial charge is 0.724 e. The average molecular weight is 1130 g/mol. The van der Waals surface area contributed by atoms with Gasteiger partial charge in [-0.25, -0.2) is 22.8 Å². The number of piperidine rings is 2. The van der Waals surface area contributed by atoms with Crippen LogP contribution in [0.15, 0.2) is 8.83 Å². The molecule has 6 heterocycles. The number of aromatic nitrogens is 4. The summed E-state index contributed by atoms with van der Waals surface area (Å²) in [6.07, 6.45) is 14.0. The van der Waals surface area contributed by atoms with Gasteiger partial charge in [0.1, 0.15) is 17.7 Å². The van der Waals surface area contributed by atoms with Gasteiger partial charge in [0.25, 0.3) is 0 Å². The number of aliphatic hydroxyl groups is 1. The van der Waals surface area contributed by atoms with E-state index in [1.165, 1.54) is 91.8 Å². The first-order valence-corrected chi connectivity index (χ1v) is 29.4. The molecule has 4 aliphatic rings. The summed E-state index contributed by atoms with van der Waals surface area (Å²) in [5.41, 5.74) is -0.606. The highest BCUT2D eigenvalue weighted by Gasteiger charge is 2.50. The zero-order valence-corrected chi connectivity index (χ0v) is 47.7. The predicted octanol–water partition coefficient (Wildman–Crippen LogP) is 6.05. The number of quaternary nitrogens is 1. The van der Waals surface area contributed by atoms with Crippen molar-refractivity contribution in [2.45, 2.75) is 181 Å². The molecule has 0 radical (unpaired) electrons. The Bertz CT molecular complexity index is 2230. The summed E-state index contributed by atoms with van der Waals surface area (Å²) in [7, 11) is -9.33. The molecule has 26 nitrogen and oxygen atoms in total. The molecule has 0 unspecified atom stereocenters. The molecule has 76 heavy (non-hydrogen) atoms. The van der Waals surface area contributed by atoms with Crippen molar-refractivity contribution in [1.29, 1.82) is 0 Å². The van der Waals surface area contributed by atoms with Crippen LogP contribution in [0, 0.1) is 0 Å². The molecule has 4 aliphatic heterocycles. The van der Waals surface area contributed by atoms with Crippen LogP contribution in [-0.2, 0) is 46.9 Å². The minimum Gasteiger partial charge on any atom is -0.724 e. The number of halogens is 1. The van der Waals surface area contributed by atoms with Crippen molar-refractivity contribution in [2.24, 2.45) is 0 Å². The summed E-state index contributed by atoms with van der Waals surface area (Å²) in [5, 5.41) is 28.9. The fourth-order valence-electron chi connectivity index (χ4n) is 9.34. The predicted molar refractivity (Wildman–Crippen MR) is 273 cm³/mol. The van der Waals surface area contributed by atoms with E-state index in [0.717, 1.165) is 6.42 Å². The van der Waals surface area contributed by atoms with Gasteiger partial charge in [-0.2, -0.15) is 22.8 Å². The zero-order chi connectivity index (χ0) is 56.7. The first kappa shape index (κ1) is 65.9. The monoisotopic (exact) mass is 1130 g/mol. The Labute approximate surface area is 448 Å². The van der Waals surface area contributed by atoms with Gasteiger partial charge in [-0.1, -0.05) is 60.3 Å². The van der Waals surface area contributed by atoms with Crippen LogP contribution in [0.25, 0.3) is 0 Å². The summed E-state index contributed by atoms with van der Waals surface area (Å²) in [6.45, 7) is 24.7. The molecule has 0 saturated carbocycles. The van der Waals surface area contributed by atoms with E-state index in [1.807, 2.05) is 6.92 Å². The lowest BCUT2D eigenvalue weighted by Crippen LogP contribution is -2.50. The fraction of sp³-hybridized carbons (Fsp3) is 0.851. The van der Waals surface area contributed by atoms with Gasteiger partial charge >= 0.3 is 28.6 Å². The Kier molecular flexibility index (Phi) is 27.7. The molecule has 4 bridgehead atoms. The Balaban J connectivity index is 0.000000309. The summed E-state index contributed by atoms with van der Waals surface area (Å²) in [6, 6.07) is -3.44. The first-order valence-electron chi connectivity index (χ1n) is 26.7. The fourth-order valence-corrected chi connectivity index (χ4v) is 10.1. The van der Waals surface area contributed by atoms with Crippen LogP contribution < -0.4 is 5.32 Å². The molecule has 0 aromatic carbocycles. The number of fused-ring (bicyclic) bond motifs is 4. The molecule has 5 amide bonds. The molecular formula is C47H86FN11O15S2. The van der Waals surface area contributed by atoms with E-state index >= 15 is 0 Å². The second-order valence-corrected chi connectivity index (χ2v) is 22.1. The standard InChI is InChI=1S/C18H29N5O8S.C16H36N.C12H19N5O7S.CH3F/c1-5-9-21(17(25)30-18(2,3)4)10-8-14-19-20-15(29-14)13-7-6-12-11-22(13)16(24)23(12)31-32(26,27)28;1-5-9-13-17(14-10-6-2,15-11-7-3)16-12-8-4;18-6-5-13-4-3-10-14-15-11(23-10)9-2-1-8-7-16(9)12(19)17(8)24-25(20,21)22;1-2/h12-13H,5-11H2,1-4H3,(H,26,27,28);5-16H2,1-4H3;8-9,13,18H,1-7H2,(H,20,21,22);1H3/q;+1;;/p-1/t12-,13+;;8-,9+;/m1.1./s1. The number of alkyl halides is 1. The second kappa shape index (κ2) is 31.9. The topological polar surface area (TPSA) is 317 Å². The minimum absolute atomic E-state index is 0.0392. The number of hydrogen-bond donors (Lipinski definition) is 3. The lowest BCUT2D eigenvalue weighted by atomic mass is 10.0. The number of unbranched alkanes of at least 4 members (excludes halogenated alkanes) is 4. The molecular weight excluding hydrogens is 1040 g/mol. The maximum absolute atomic E-state index is 12.5. The molecule has 2 aromatic heterocycles. The average Bonchev–Trinajstić information content (AvgIpc) is 4.15. The smallest absolute Gasteiger partial charge is 0.418 e. The van der Waals surface area contributed by atoms with Gasteiger partial charge in [-0.3, -0.25) is 8.94 Å². The van der Waals surface area contributed by atoms with Crippen molar-refractivity contribution in [1.82, 2.24) is 50.5 Å². The number of urea groups is 2. The van der Waals surface area contributed by atoms with Gasteiger partial charge in [0.05, 0.1) is 52.0 Å². The summed E-state index contributed by atoms with van der Waals surface area (Å²) >= 11 is 0. The maximum atomic E-state index is 12.5. The number of nitrogens with zero attached hydrogens (tertiary/aromatic N) is 10. The highest BCUT2D eigenvalue weighted by Crippen LogP contribution is 2.39. The first-order chi connectivity index (χ1) is 36.0. The van der Waals surface area contributed by atoms with Gasteiger partial charge in [0.2, 0.25) is 34.0 Å². The third kappa shape index (κ3) is 21.1. The summed E-state index contributed by atoms with van der Waals surface area (Å²) in [4.78, 5) is 41.5. The van der Waals surface area contributed by atoms with E-state index in [2.05, 4.69) is 62.0 Å².